The first kappa shape index (κ1) is 17.4. The fourth-order valence-electron chi connectivity index (χ4n) is 2.38. The monoisotopic (exact) mass is 349 g/mol. The van der Waals surface area contributed by atoms with Gasteiger partial charge < -0.3 is 19.9 Å². The molecule has 0 saturated heterocycles. The summed E-state index contributed by atoms with van der Waals surface area (Å²) in [6.45, 7) is 0.344. The SMILES string of the molecule is COC(=O)c1cccc(COc2ccc(Oc3ccccc3N)cc2)c1. The van der Waals surface area contributed by atoms with Gasteiger partial charge in [-0.3, -0.25) is 0 Å². The van der Waals surface area contributed by atoms with Gasteiger partial charge in [0.1, 0.15) is 23.9 Å². The lowest BCUT2D eigenvalue weighted by Crippen LogP contribution is -2.03. The van der Waals surface area contributed by atoms with E-state index in [1.54, 1.807) is 24.3 Å². The highest BCUT2D eigenvalue weighted by atomic mass is 16.5. The van der Waals surface area contributed by atoms with Crippen LogP contribution < -0.4 is 15.2 Å². The topological polar surface area (TPSA) is 70.8 Å². The Balaban J connectivity index is 1.61. The zero-order valence-electron chi connectivity index (χ0n) is 14.3. The van der Waals surface area contributed by atoms with Crippen molar-refractivity contribution in [3.05, 3.63) is 83.9 Å². The first-order valence-corrected chi connectivity index (χ1v) is 8.08. The van der Waals surface area contributed by atoms with E-state index in [2.05, 4.69) is 0 Å². The largest absolute Gasteiger partial charge is 0.489 e. The number of hydrogen-bond acceptors (Lipinski definition) is 5. The minimum atomic E-state index is -0.367. The Labute approximate surface area is 151 Å². The molecule has 5 heteroatoms. The lowest BCUT2D eigenvalue weighted by molar-refractivity contribution is 0.0600. The summed E-state index contributed by atoms with van der Waals surface area (Å²) >= 11 is 0. The van der Waals surface area contributed by atoms with Gasteiger partial charge in [-0.25, -0.2) is 4.79 Å². The number of carbonyl (C=O) groups is 1. The number of anilines is 1. The molecule has 132 valence electrons. The Morgan fingerprint density at radius 3 is 2.38 bits per heavy atom. The average Bonchev–Trinajstić information content (AvgIpc) is 2.69. The Morgan fingerprint density at radius 2 is 1.65 bits per heavy atom. The van der Waals surface area contributed by atoms with Crippen LogP contribution in [0.15, 0.2) is 72.8 Å². The predicted molar refractivity (Wildman–Crippen MR) is 99.5 cm³/mol. The first-order chi connectivity index (χ1) is 12.7. The summed E-state index contributed by atoms with van der Waals surface area (Å²) in [5, 5.41) is 0. The lowest BCUT2D eigenvalue weighted by Gasteiger charge is -2.10. The molecule has 0 radical (unpaired) electrons. The van der Waals surface area contributed by atoms with Crippen molar-refractivity contribution in [2.24, 2.45) is 0 Å². The van der Waals surface area contributed by atoms with Gasteiger partial charge in [-0.2, -0.15) is 0 Å². The second-order valence-corrected chi connectivity index (χ2v) is 5.59. The second kappa shape index (κ2) is 8.07. The summed E-state index contributed by atoms with van der Waals surface area (Å²) in [6.07, 6.45) is 0. The van der Waals surface area contributed by atoms with Gasteiger partial charge in [-0.05, 0) is 54.1 Å². The van der Waals surface area contributed by atoms with Gasteiger partial charge in [0.2, 0.25) is 0 Å². The quantitative estimate of drug-likeness (QED) is 0.527. The standard InChI is InChI=1S/C21H19NO4/c1-24-21(23)16-6-4-5-15(13-16)14-25-17-9-11-18(12-10-17)26-20-8-3-2-7-19(20)22/h2-13H,14,22H2,1H3. The van der Waals surface area contributed by atoms with E-state index in [0.29, 0.717) is 35.1 Å². The average molecular weight is 349 g/mol. The molecule has 26 heavy (non-hydrogen) atoms. The van der Waals surface area contributed by atoms with Crippen LogP contribution in [0.3, 0.4) is 0 Å². The van der Waals surface area contributed by atoms with Crippen LogP contribution in [0.4, 0.5) is 5.69 Å². The van der Waals surface area contributed by atoms with Crippen LogP contribution in [0.25, 0.3) is 0 Å². The van der Waals surface area contributed by atoms with Crippen LogP contribution >= 0.6 is 0 Å². The van der Waals surface area contributed by atoms with Crippen molar-refractivity contribution in [1.29, 1.82) is 0 Å². The smallest absolute Gasteiger partial charge is 0.337 e. The van der Waals surface area contributed by atoms with E-state index in [4.69, 9.17) is 19.9 Å². The first-order valence-electron chi connectivity index (χ1n) is 8.08. The van der Waals surface area contributed by atoms with E-state index in [1.807, 2.05) is 48.5 Å². The summed E-state index contributed by atoms with van der Waals surface area (Å²) < 4.78 is 16.2. The van der Waals surface area contributed by atoms with Crippen molar-refractivity contribution in [3.63, 3.8) is 0 Å². The molecule has 0 spiro atoms. The van der Waals surface area contributed by atoms with Crippen molar-refractivity contribution in [3.8, 4) is 17.2 Å². The molecule has 3 aromatic carbocycles. The van der Waals surface area contributed by atoms with Crippen LogP contribution in [-0.4, -0.2) is 13.1 Å². The van der Waals surface area contributed by atoms with Crippen LogP contribution in [-0.2, 0) is 11.3 Å². The minimum absolute atomic E-state index is 0.344. The van der Waals surface area contributed by atoms with E-state index < -0.39 is 0 Å². The molecular formula is C21H19NO4. The predicted octanol–water partition coefficient (Wildman–Crippen LogP) is 4.43. The molecule has 0 atom stereocenters. The van der Waals surface area contributed by atoms with E-state index in [-0.39, 0.29) is 5.97 Å². The van der Waals surface area contributed by atoms with Crippen molar-refractivity contribution >= 4 is 11.7 Å². The number of para-hydroxylation sites is 2. The number of benzene rings is 3. The molecule has 0 aliphatic heterocycles. The highest BCUT2D eigenvalue weighted by molar-refractivity contribution is 5.89. The van der Waals surface area contributed by atoms with Crippen LogP contribution in [0.5, 0.6) is 17.2 Å². The molecule has 0 aromatic heterocycles. The van der Waals surface area contributed by atoms with Gasteiger partial charge >= 0.3 is 5.97 Å². The molecule has 5 nitrogen and oxygen atoms in total. The molecule has 3 aromatic rings. The van der Waals surface area contributed by atoms with Gasteiger partial charge in [-0.1, -0.05) is 24.3 Å². The van der Waals surface area contributed by atoms with E-state index in [9.17, 15) is 4.79 Å². The number of rotatable bonds is 6. The molecule has 0 heterocycles. The third kappa shape index (κ3) is 4.33. The molecule has 0 saturated carbocycles. The van der Waals surface area contributed by atoms with Crippen molar-refractivity contribution in [2.45, 2.75) is 6.61 Å². The second-order valence-electron chi connectivity index (χ2n) is 5.59. The Bertz CT molecular complexity index is 891. The molecule has 0 bridgehead atoms. The Morgan fingerprint density at radius 1 is 0.923 bits per heavy atom. The van der Waals surface area contributed by atoms with Crippen LogP contribution in [0, 0.1) is 0 Å². The molecule has 0 amide bonds. The fraction of sp³-hybridized carbons (Fsp3) is 0.0952. The van der Waals surface area contributed by atoms with Gasteiger partial charge in [0.05, 0.1) is 18.4 Å². The maximum Gasteiger partial charge on any atom is 0.337 e. The van der Waals surface area contributed by atoms with Crippen LogP contribution in [0.2, 0.25) is 0 Å². The summed E-state index contributed by atoms with van der Waals surface area (Å²) in [7, 11) is 1.36. The Kier molecular flexibility index (Phi) is 5.39. The molecular weight excluding hydrogens is 330 g/mol. The summed E-state index contributed by atoms with van der Waals surface area (Å²) in [6, 6.07) is 21.7. The molecule has 0 unspecified atom stereocenters. The van der Waals surface area contributed by atoms with Crippen LogP contribution in [0.1, 0.15) is 15.9 Å². The van der Waals surface area contributed by atoms with Gasteiger partial charge in [0.15, 0.2) is 0 Å². The Hall–Kier alpha value is -3.47. The van der Waals surface area contributed by atoms with Gasteiger partial charge in [0.25, 0.3) is 0 Å². The maximum atomic E-state index is 11.6. The molecule has 2 N–H and O–H groups in total. The number of esters is 1. The minimum Gasteiger partial charge on any atom is -0.489 e. The normalized spacial score (nSPS) is 10.2. The fourth-order valence-corrected chi connectivity index (χ4v) is 2.38. The highest BCUT2D eigenvalue weighted by Gasteiger charge is 2.06. The number of hydrogen-bond donors (Lipinski definition) is 1. The van der Waals surface area contributed by atoms with Crippen molar-refractivity contribution in [2.75, 3.05) is 12.8 Å². The lowest BCUT2D eigenvalue weighted by atomic mass is 10.1. The molecule has 3 rings (SSSR count). The van der Waals surface area contributed by atoms with Crippen molar-refractivity contribution in [1.82, 2.24) is 0 Å². The van der Waals surface area contributed by atoms with E-state index >= 15 is 0 Å². The van der Waals surface area contributed by atoms with Crippen molar-refractivity contribution < 1.29 is 19.0 Å². The number of methoxy groups -OCH3 is 1. The third-order valence-electron chi connectivity index (χ3n) is 3.72. The summed E-state index contributed by atoms with van der Waals surface area (Å²) in [4.78, 5) is 11.6. The number of ether oxygens (including phenoxy) is 3. The molecule has 0 fully saturated rings. The van der Waals surface area contributed by atoms with Gasteiger partial charge in [0, 0.05) is 0 Å². The summed E-state index contributed by atoms with van der Waals surface area (Å²) in [5.41, 5.74) is 7.83. The van der Waals surface area contributed by atoms with Gasteiger partial charge in [-0.15, -0.1) is 0 Å². The molecule has 0 aliphatic carbocycles. The summed E-state index contributed by atoms with van der Waals surface area (Å²) in [5.74, 6) is 1.61. The van der Waals surface area contributed by atoms with E-state index in [1.165, 1.54) is 7.11 Å². The zero-order chi connectivity index (χ0) is 18.4. The number of carbonyl (C=O) groups excluding carboxylic acids is 1. The van der Waals surface area contributed by atoms with E-state index in [0.717, 1.165) is 5.56 Å². The zero-order valence-corrected chi connectivity index (χ0v) is 14.3. The molecule has 0 aliphatic rings. The third-order valence-corrected chi connectivity index (χ3v) is 3.72. The number of nitrogen functional groups attached to an aromatic ring is 1. The number of nitrogens with two attached hydrogens (primary N) is 1. The maximum absolute atomic E-state index is 11.6. The highest BCUT2D eigenvalue weighted by Crippen LogP contribution is 2.28.